The second-order valence-corrected chi connectivity index (χ2v) is 9.41. The molecule has 0 aliphatic rings. The molecule has 0 aliphatic carbocycles. The second-order valence-electron chi connectivity index (χ2n) is 7.55. The third kappa shape index (κ3) is 5.70. The van der Waals surface area contributed by atoms with Crippen LogP contribution < -0.4 is 9.62 Å². The van der Waals surface area contributed by atoms with Gasteiger partial charge >= 0.3 is 0 Å². The number of nitrogens with zero attached hydrogens (tertiary/aromatic N) is 2. The van der Waals surface area contributed by atoms with Crippen molar-refractivity contribution in [1.82, 2.24) is 10.3 Å². The van der Waals surface area contributed by atoms with E-state index in [-0.39, 0.29) is 29.8 Å². The van der Waals surface area contributed by atoms with Crippen LogP contribution in [-0.4, -0.2) is 25.9 Å². The number of nitrogens with one attached hydrogen (secondary N) is 1. The number of hydrogen-bond acceptors (Lipinski definition) is 4. The van der Waals surface area contributed by atoms with E-state index in [1.165, 1.54) is 4.31 Å². The minimum absolute atomic E-state index is 0.0359. The Bertz CT molecular complexity index is 1110. The van der Waals surface area contributed by atoms with Crippen molar-refractivity contribution in [1.29, 1.82) is 0 Å². The molecule has 1 aromatic heterocycles. The number of pyridine rings is 1. The number of carbonyl (C=O) groups excluding carboxylic acids is 1. The van der Waals surface area contributed by atoms with Gasteiger partial charge in [-0.25, -0.2) is 8.42 Å². The Labute approximate surface area is 184 Å². The zero-order chi connectivity index (χ0) is 22.4. The van der Waals surface area contributed by atoms with Crippen LogP contribution >= 0.6 is 0 Å². The number of aryl methyl sites for hydroxylation is 2. The molecule has 1 amide bonds. The molecule has 0 fully saturated rings. The maximum Gasteiger partial charge on any atom is 0.264 e. The Hall–Kier alpha value is -3.19. The molecule has 31 heavy (non-hydrogen) atoms. The molecule has 0 radical (unpaired) electrons. The fraction of sp³-hybridized carbons (Fsp3) is 0.250. The lowest BCUT2D eigenvalue weighted by Gasteiger charge is -2.25. The highest BCUT2D eigenvalue weighted by atomic mass is 32.2. The molecule has 3 aromatic rings. The predicted molar refractivity (Wildman–Crippen MR) is 122 cm³/mol. The van der Waals surface area contributed by atoms with E-state index in [2.05, 4.69) is 10.3 Å². The van der Waals surface area contributed by atoms with Gasteiger partial charge < -0.3 is 5.32 Å². The molecule has 0 bridgehead atoms. The highest BCUT2D eigenvalue weighted by Gasteiger charge is 2.25. The third-order valence-corrected chi connectivity index (χ3v) is 6.90. The number of carbonyl (C=O) groups is 1. The lowest BCUT2D eigenvalue weighted by molar-refractivity contribution is -0.121. The van der Waals surface area contributed by atoms with E-state index in [9.17, 15) is 13.2 Å². The van der Waals surface area contributed by atoms with Crippen molar-refractivity contribution in [2.75, 3.05) is 10.8 Å². The summed E-state index contributed by atoms with van der Waals surface area (Å²) in [4.78, 5) is 16.8. The molecule has 6 nitrogen and oxygen atoms in total. The van der Waals surface area contributed by atoms with Crippen molar-refractivity contribution >= 4 is 21.6 Å². The van der Waals surface area contributed by atoms with E-state index in [0.29, 0.717) is 5.69 Å². The van der Waals surface area contributed by atoms with Crippen molar-refractivity contribution in [3.63, 3.8) is 0 Å². The summed E-state index contributed by atoms with van der Waals surface area (Å²) in [6.07, 6.45) is 3.38. The van der Waals surface area contributed by atoms with Gasteiger partial charge in [-0.3, -0.25) is 14.1 Å². The summed E-state index contributed by atoms with van der Waals surface area (Å²) in [7, 11) is -3.81. The highest BCUT2D eigenvalue weighted by molar-refractivity contribution is 7.92. The number of benzene rings is 2. The fourth-order valence-electron chi connectivity index (χ4n) is 3.19. The number of anilines is 1. The molecule has 0 spiro atoms. The first-order chi connectivity index (χ1) is 14.8. The van der Waals surface area contributed by atoms with E-state index < -0.39 is 10.0 Å². The number of aromatic nitrogens is 1. The van der Waals surface area contributed by atoms with Gasteiger partial charge in [-0.2, -0.15) is 0 Å². The van der Waals surface area contributed by atoms with E-state index >= 15 is 0 Å². The van der Waals surface area contributed by atoms with Crippen LogP contribution in [-0.2, 0) is 14.8 Å². The summed E-state index contributed by atoms with van der Waals surface area (Å²) in [5.41, 5.74) is 3.47. The van der Waals surface area contributed by atoms with Gasteiger partial charge in [-0.15, -0.1) is 0 Å². The maximum atomic E-state index is 13.4. The topological polar surface area (TPSA) is 79.4 Å². The van der Waals surface area contributed by atoms with Gasteiger partial charge in [0.15, 0.2) is 0 Å². The van der Waals surface area contributed by atoms with E-state index in [4.69, 9.17) is 0 Å². The second kappa shape index (κ2) is 9.75. The molecule has 7 heteroatoms. The molecule has 0 aliphatic heterocycles. The molecule has 1 N–H and O–H groups in total. The van der Waals surface area contributed by atoms with Crippen LogP contribution in [0.4, 0.5) is 5.69 Å². The first kappa shape index (κ1) is 22.5. The van der Waals surface area contributed by atoms with Crippen molar-refractivity contribution < 1.29 is 13.2 Å². The van der Waals surface area contributed by atoms with Crippen LogP contribution in [0.3, 0.4) is 0 Å². The fourth-order valence-corrected chi connectivity index (χ4v) is 4.65. The number of sulfonamides is 1. The van der Waals surface area contributed by atoms with E-state index in [1.54, 1.807) is 48.8 Å². The highest BCUT2D eigenvalue weighted by Crippen LogP contribution is 2.25. The standard InChI is InChI=1S/C24H27N3O3S/c1-18-4-8-22(9-5-18)27(31(29,30)23-10-6-19(2)7-11-23)17-14-24(28)26-20(3)21-12-15-25-16-13-21/h4-13,15-16,20H,14,17H2,1-3H3,(H,26,28). The Morgan fingerprint density at radius 2 is 1.48 bits per heavy atom. The van der Waals surface area contributed by atoms with Gasteiger partial charge in [0.2, 0.25) is 5.91 Å². The minimum Gasteiger partial charge on any atom is -0.350 e. The molecule has 0 saturated carbocycles. The van der Waals surface area contributed by atoms with Gasteiger partial charge in [-0.1, -0.05) is 35.4 Å². The predicted octanol–water partition coefficient (Wildman–Crippen LogP) is 4.16. The molecular formula is C24H27N3O3S. The van der Waals surface area contributed by atoms with Crippen LogP contribution in [0.1, 0.15) is 36.1 Å². The number of rotatable bonds is 8. The van der Waals surface area contributed by atoms with E-state index in [1.807, 2.05) is 45.0 Å². The smallest absolute Gasteiger partial charge is 0.264 e. The van der Waals surface area contributed by atoms with Crippen molar-refractivity contribution in [3.05, 3.63) is 89.7 Å². The van der Waals surface area contributed by atoms with Gasteiger partial charge in [-0.05, 0) is 62.7 Å². The first-order valence-electron chi connectivity index (χ1n) is 10.1. The van der Waals surface area contributed by atoms with Crippen molar-refractivity contribution in [3.8, 4) is 0 Å². The van der Waals surface area contributed by atoms with Gasteiger partial charge in [0.05, 0.1) is 16.6 Å². The molecule has 3 rings (SSSR count). The lowest BCUT2D eigenvalue weighted by Crippen LogP contribution is -2.36. The Morgan fingerprint density at radius 3 is 2.06 bits per heavy atom. The van der Waals surface area contributed by atoms with Gasteiger partial charge in [0, 0.05) is 25.4 Å². The SMILES string of the molecule is Cc1ccc(N(CCC(=O)NC(C)c2ccncc2)S(=O)(=O)c2ccc(C)cc2)cc1. The largest absolute Gasteiger partial charge is 0.350 e. The molecule has 0 saturated heterocycles. The maximum absolute atomic E-state index is 13.4. The summed E-state index contributed by atoms with van der Waals surface area (Å²) in [5, 5.41) is 2.92. The Kier molecular flexibility index (Phi) is 7.07. The lowest BCUT2D eigenvalue weighted by atomic mass is 10.1. The molecule has 1 heterocycles. The number of amides is 1. The monoisotopic (exact) mass is 437 g/mol. The first-order valence-corrected chi connectivity index (χ1v) is 11.6. The van der Waals surface area contributed by atoms with Crippen LogP contribution in [0.15, 0.2) is 78.0 Å². The zero-order valence-electron chi connectivity index (χ0n) is 17.9. The van der Waals surface area contributed by atoms with Crippen molar-refractivity contribution in [2.45, 2.75) is 38.1 Å². The summed E-state index contributed by atoms with van der Waals surface area (Å²) in [6.45, 7) is 5.77. The van der Waals surface area contributed by atoms with Gasteiger partial charge in [0.25, 0.3) is 10.0 Å². The number of hydrogen-bond donors (Lipinski definition) is 1. The Balaban J connectivity index is 1.79. The molecule has 162 valence electrons. The minimum atomic E-state index is -3.81. The average Bonchev–Trinajstić information content (AvgIpc) is 2.76. The molecule has 1 atom stereocenters. The third-order valence-electron chi connectivity index (χ3n) is 5.06. The molecule has 1 unspecified atom stereocenters. The zero-order valence-corrected chi connectivity index (χ0v) is 18.8. The van der Waals surface area contributed by atoms with Crippen LogP contribution in [0.25, 0.3) is 0 Å². The van der Waals surface area contributed by atoms with Crippen LogP contribution in [0, 0.1) is 13.8 Å². The molecular weight excluding hydrogens is 410 g/mol. The average molecular weight is 438 g/mol. The summed E-state index contributed by atoms with van der Waals surface area (Å²) >= 11 is 0. The summed E-state index contributed by atoms with van der Waals surface area (Å²) < 4.78 is 28.0. The summed E-state index contributed by atoms with van der Waals surface area (Å²) in [6, 6.07) is 17.4. The van der Waals surface area contributed by atoms with Gasteiger partial charge in [0.1, 0.15) is 0 Å². The van der Waals surface area contributed by atoms with Crippen LogP contribution in [0.5, 0.6) is 0 Å². The Morgan fingerprint density at radius 1 is 0.935 bits per heavy atom. The van der Waals surface area contributed by atoms with E-state index in [0.717, 1.165) is 16.7 Å². The molecule has 2 aromatic carbocycles. The quantitative estimate of drug-likeness (QED) is 0.574. The normalized spacial score (nSPS) is 12.2. The van der Waals surface area contributed by atoms with Crippen LogP contribution in [0.2, 0.25) is 0 Å². The summed E-state index contributed by atoms with van der Waals surface area (Å²) in [5.74, 6) is -0.222. The van der Waals surface area contributed by atoms with Crippen molar-refractivity contribution in [2.24, 2.45) is 0 Å².